The van der Waals surface area contributed by atoms with E-state index < -0.39 is 0 Å². The Balaban J connectivity index is 1.78. The smallest absolute Gasteiger partial charge is 0.322 e. The molecule has 1 heterocycles. The lowest BCUT2D eigenvalue weighted by Gasteiger charge is -2.30. The molecule has 0 aliphatic carbocycles. The molecule has 174 valence electrons. The highest BCUT2D eigenvalue weighted by molar-refractivity contribution is 7.10. The summed E-state index contributed by atoms with van der Waals surface area (Å²) in [6.07, 6.45) is 0. The lowest BCUT2D eigenvalue weighted by Crippen LogP contribution is -2.47. The second-order valence-corrected chi connectivity index (χ2v) is 9.11. The van der Waals surface area contributed by atoms with Gasteiger partial charge in [-0.3, -0.25) is 4.79 Å². The first-order valence-corrected chi connectivity index (χ1v) is 11.8. The van der Waals surface area contributed by atoms with Crippen LogP contribution >= 0.6 is 11.3 Å². The van der Waals surface area contributed by atoms with E-state index in [1.54, 1.807) is 35.5 Å². The van der Waals surface area contributed by atoms with Gasteiger partial charge >= 0.3 is 6.03 Å². The number of amides is 3. The molecule has 0 unspecified atom stereocenters. The number of ether oxygens (including phenoxy) is 1. The Morgan fingerprint density at radius 3 is 2.33 bits per heavy atom. The molecule has 3 rings (SSSR count). The van der Waals surface area contributed by atoms with Gasteiger partial charge in [0.1, 0.15) is 12.3 Å². The number of rotatable bonds is 9. The van der Waals surface area contributed by atoms with Crippen LogP contribution in [0.15, 0.2) is 66.0 Å². The number of aryl methyl sites for hydroxylation is 1. The standard InChI is InChI=1S/C26H31N3O3S/c1-19(2)29(26(31)27-22-12-8-9-13-23(22)32-4)18-25(30)28(16-21-10-6-5-7-11-21)17-24-20(3)14-15-33-24/h5-15,19H,16-18H2,1-4H3,(H,27,31). The Labute approximate surface area is 199 Å². The van der Waals surface area contributed by atoms with E-state index in [9.17, 15) is 9.59 Å². The Kier molecular flexibility index (Phi) is 8.49. The van der Waals surface area contributed by atoms with E-state index in [0.717, 1.165) is 10.4 Å². The van der Waals surface area contributed by atoms with E-state index in [4.69, 9.17) is 4.74 Å². The highest BCUT2D eigenvalue weighted by Crippen LogP contribution is 2.24. The van der Waals surface area contributed by atoms with Crippen molar-refractivity contribution in [2.24, 2.45) is 0 Å². The Morgan fingerprint density at radius 2 is 1.70 bits per heavy atom. The minimum Gasteiger partial charge on any atom is -0.495 e. The number of hydrogen-bond acceptors (Lipinski definition) is 4. The average Bonchev–Trinajstić information content (AvgIpc) is 3.21. The van der Waals surface area contributed by atoms with E-state index in [2.05, 4.69) is 18.3 Å². The van der Waals surface area contributed by atoms with Crippen molar-refractivity contribution in [2.75, 3.05) is 19.0 Å². The zero-order chi connectivity index (χ0) is 23.8. The fraction of sp³-hybridized carbons (Fsp3) is 0.308. The predicted molar refractivity (Wildman–Crippen MR) is 134 cm³/mol. The van der Waals surface area contributed by atoms with E-state index in [0.29, 0.717) is 24.5 Å². The van der Waals surface area contributed by atoms with Crippen LogP contribution in [0.2, 0.25) is 0 Å². The van der Waals surface area contributed by atoms with E-state index in [1.165, 1.54) is 5.56 Å². The number of carbonyl (C=O) groups is 2. The van der Waals surface area contributed by atoms with E-state index >= 15 is 0 Å². The average molecular weight is 466 g/mol. The predicted octanol–water partition coefficient (Wildman–Crippen LogP) is 5.54. The fourth-order valence-corrected chi connectivity index (χ4v) is 4.37. The molecule has 3 aromatic rings. The molecule has 0 saturated heterocycles. The monoisotopic (exact) mass is 465 g/mol. The summed E-state index contributed by atoms with van der Waals surface area (Å²) < 4.78 is 5.33. The second kappa shape index (κ2) is 11.5. The number of benzene rings is 2. The number of hydrogen-bond donors (Lipinski definition) is 1. The SMILES string of the molecule is COc1ccccc1NC(=O)N(CC(=O)N(Cc1ccccc1)Cc1sccc1C)C(C)C. The molecule has 2 aromatic carbocycles. The molecule has 7 heteroatoms. The van der Waals surface area contributed by atoms with Gasteiger partial charge in [-0.15, -0.1) is 11.3 Å². The van der Waals surface area contributed by atoms with Gasteiger partial charge in [0.2, 0.25) is 5.91 Å². The van der Waals surface area contributed by atoms with Crippen LogP contribution in [-0.4, -0.2) is 41.4 Å². The van der Waals surface area contributed by atoms with Crippen molar-refractivity contribution in [3.63, 3.8) is 0 Å². The summed E-state index contributed by atoms with van der Waals surface area (Å²) >= 11 is 1.64. The van der Waals surface area contributed by atoms with Crippen molar-refractivity contribution in [1.29, 1.82) is 0 Å². The molecule has 3 amide bonds. The van der Waals surface area contributed by atoms with Crippen LogP contribution in [0.25, 0.3) is 0 Å². The second-order valence-electron chi connectivity index (χ2n) is 8.11. The van der Waals surface area contributed by atoms with Gasteiger partial charge in [-0.25, -0.2) is 4.79 Å². The van der Waals surface area contributed by atoms with Crippen LogP contribution in [0.1, 0.15) is 29.9 Å². The van der Waals surface area contributed by atoms with Crippen LogP contribution < -0.4 is 10.1 Å². The number of methoxy groups -OCH3 is 1. The van der Waals surface area contributed by atoms with Gasteiger partial charge < -0.3 is 19.9 Å². The van der Waals surface area contributed by atoms with Crippen LogP contribution in [0, 0.1) is 6.92 Å². The number of nitrogens with one attached hydrogen (secondary N) is 1. The number of para-hydroxylation sites is 2. The van der Waals surface area contributed by atoms with Crippen LogP contribution in [0.3, 0.4) is 0 Å². The van der Waals surface area contributed by atoms with Gasteiger partial charge in [-0.2, -0.15) is 0 Å². The number of urea groups is 1. The highest BCUT2D eigenvalue weighted by atomic mass is 32.1. The van der Waals surface area contributed by atoms with Crippen molar-refractivity contribution in [2.45, 2.75) is 39.9 Å². The topological polar surface area (TPSA) is 61.9 Å². The Bertz CT molecular complexity index is 1070. The maximum absolute atomic E-state index is 13.5. The molecule has 0 atom stereocenters. The lowest BCUT2D eigenvalue weighted by molar-refractivity contribution is -0.133. The fourth-order valence-electron chi connectivity index (χ4n) is 3.45. The first-order valence-electron chi connectivity index (χ1n) is 10.9. The maximum Gasteiger partial charge on any atom is 0.322 e. The number of nitrogens with zero attached hydrogens (tertiary/aromatic N) is 2. The van der Waals surface area contributed by atoms with Gasteiger partial charge in [0, 0.05) is 17.5 Å². The highest BCUT2D eigenvalue weighted by Gasteiger charge is 2.25. The molecule has 0 aliphatic heterocycles. The number of anilines is 1. The third kappa shape index (κ3) is 6.58. The summed E-state index contributed by atoms with van der Waals surface area (Å²) in [5, 5.41) is 4.92. The summed E-state index contributed by atoms with van der Waals surface area (Å²) in [7, 11) is 1.56. The Morgan fingerprint density at radius 1 is 1.00 bits per heavy atom. The third-order valence-electron chi connectivity index (χ3n) is 5.41. The summed E-state index contributed by atoms with van der Waals surface area (Å²) in [5.41, 5.74) is 2.79. The zero-order valence-electron chi connectivity index (χ0n) is 19.6. The quantitative estimate of drug-likeness (QED) is 0.452. The maximum atomic E-state index is 13.5. The van der Waals surface area contributed by atoms with E-state index in [1.807, 2.05) is 66.6 Å². The van der Waals surface area contributed by atoms with Crippen molar-refractivity contribution in [3.8, 4) is 5.75 Å². The molecule has 0 bridgehead atoms. The van der Waals surface area contributed by atoms with Gasteiger partial charge in [0.05, 0.1) is 19.3 Å². The minimum atomic E-state index is -0.338. The van der Waals surface area contributed by atoms with Crippen LogP contribution in [0.4, 0.5) is 10.5 Å². The molecular weight excluding hydrogens is 434 g/mol. The molecule has 0 aliphatic rings. The summed E-state index contributed by atoms with van der Waals surface area (Å²) in [6, 6.07) is 18.7. The summed E-state index contributed by atoms with van der Waals surface area (Å²) in [4.78, 5) is 31.1. The summed E-state index contributed by atoms with van der Waals surface area (Å²) in [6.45, 7) is 6.84. The van der Waals surface area contributed by atoms with Gasteiger partial charge in [0.25, 0.3) is 0 Å². The van der Waals surface area contributed by atoms with Crippen molar-refractivity contribution in [3.05, 3.63) is 82.0 Å². The molecule has 0 fully saturated rings. The van der Waals surface area contributed by atoms with Crippen molar-refractivity contribution >= 4 is 29.0 Å². The van der Waals surface area contributed by atoms with Crippen molar-refractivity contribution < 1.29 is 14.3 Å². The molecular formula is C26H31N3O3S. The van der Waals surface area contributed by atoms with E-state index in [-0.39, 0.29) is 24.5 Å². The minimum absolute atomic E-state index is 0.0180. The normalized spacial score (nSPS) is 10.7. The molecule has 1 aromatic heterocycles. The van der Waals surface area contributed by atoms with Gasteiger partial charge in [-0.1, -0.05) is 42.5 Å². The molecule has 0 saturated carbocycles. The number of carbonyl (C=O) groups excluding carboxylic acids is 2. The van der Waals surface area contributed by atoms with Crippen molar-refractivity contribution in [1.82, 2.24) is 9.80 Å². The molecule has 0 radical (unpaired) electrons. The van der Waals surface area contributed by atoms with Crippen LogP contribution in [0.5, 0.6) is 5.75 Å². The number of thiophene rings is 1. The molecule has 6 nitrogen and oxygen atoms in total. The first kappa shape index (κ1) is 24.3. The Hall–Kier alpha value is -3.32. The molecule has 33 heavy (non-hydrogen) atoms. The zero-order valence-corrected chi connectivity index (χ0v) is 20.4. The molecule has 1 N–H and O–H groups in total. The first-order chi connectivity index (χ1) is 15.9. The van der Waals surface area contributed by atoms with Gasteiger partial charge in [0.15, 0.2) is 0 Å². The largest absolute Gasteiger partial charge is 0.495 e. The van der Waals surface area contributed by atoms with Crippen LogP contribution in [-0.2, 0) is 17.9 Å². The third-order valence-corrected chi connectivity index (χ3v) is 6.42. The molecule has 0 spiro atoms. The lowest BCUT2D eigenvalue weighted by atomic mass is 10.2. The van der Waals surface area contributed by atoms with Gasteiger partial charge in [-0.05, 0) is 55.5 Å². The summed E-state index contributed by atoms with van der Waals surface area (Å²) in [5.74, 6) is 0.468.